The number of nitrogens with zero attached hydrogens (tertiary/aromatic N) is 2. The van der Waals surface area contributed by atoms with Gasteiger partial charge >= 0.3 is 5.97 Å². The number of hydrogen-bond acceptors (Lipinski definition) is 9. The van der Waals surface area contributed by atoms with E-state index in [0.29, 0.717) is 5.56 Å². The molecule has 1 aromatic carbocycles. The number of hydrogen-bond donors (Lipinski definition) is 1. The Kier molecular flexibility index (Phi) is 6.78. The van der Waals surface area contributed by atoms with Gasteiger partial charge in [0, 0.05) is 6.08 Å². The average molecular weight is 328 g/mol. The fourth-order valence-electron chi connectivity index (χ4n) is 1.35. The summed E-state index contributed by atoms with van der Waals surface area (Å²) in [6, 6.07) is 5.92. The van der Waals surface area contributed by atoms with Crippen molar-refractivity contribution < 1.29 is 34.5 Å². The number of benzene rings is 1. The lowest BCUT2D eigenvalue weighted by molar-refractivity contribution is -0.790. The molecule has 0 aliphatic heterocycles. The van der Waals surface area contributed by atoms with Crippen LogP contribution in [0.4, 0.5) is 0 Å². The van der Waals surface area contributed by atoms with E-state index in [-0.39, 0.29) is 5.75 Å². The molecule has 1 rings (SSSR count). The minimum atomic E-state index is -1.43. The monoisotopic (exact) mass is 328 g/mol. The van der Waals surface area contributed by atoms with Gasteiger partial charge in [0.05, 0.1) is 0 Å². The van der Waals surface area contributed by atoms with E-state index in [0.717, 1.165) is 6.08 Å². The molecule has 0 fully saturated rings. The second-order valence-electron chi connectivity index (χ2n) is 4.03. The van der Waals surface area contributed by atoms with Crippen LogP contribution in [-0.4, -0.2) is 40.6 Å². The summed E-state index contributed by atoms with van der Waals surface area (Å²) in [5, 5.41) is 27.0. The summed E-state index contributed by atoms with van der Waals surface area (Å²) < 4.78 is 4.68. The Balaban J connectivity index is 2.48. The van der Waals surface area contributed by atoms with Crippen molar-refractivity contribution in [3.05, 3.63) is 56.1 Å². The van der Waals surface area contributed by atoms with Gasteiger partial charge in [-0.15, -0.1) is 20.2 Å². The molecule has 1 N–H and O–H groups in total. The van der Waals surface area contributed by atoms with Gasteiger partial charge in [-0.1, -0.05) is 12.1 Å². The molecule has 0 saturated carbocycles. The largest absolute Gasteiger partial charge is 0.508 e. The first-order chi connectivity index (χ1) is 10.9. The first-order valence-electron chi connectivity index (χ1n) is 6.09. The molecule has 1 atom stereocenters. The molecule has 1 aromatic rings. The topological polar surface area (TPSA) is 151 Å². The third kappa shape index (κ3) is 7.84. The van der Waals surface area contributed by atoms with Gasteiger partial charge in [-0.05, 0) is 23.8 Å². The normalized spacial score (nSPS) is 11.7. The van der Waals surface area contributed by atoms with E-state index in [1.807, 2.05) is 0 Å². The zero-order valence-electron chi connectivity index (χ0n) is 11.6. The van der Waals surface area contributed by atoms with Gasteiger partial charge in [-0.2, -0.15) is 0 Å². The van der Waals surface area contributed by atoms with Crippen molar-refractivity contribution in [2.45, 2.75) is 6.10 Å². The predicted octanol–water partition coefficient (Wildman–Crippen LogP) is 0.734. The van der Waals surface area contributed by atoms with Crippen LogP contribution >= 0.6 is 0 Å². The average Bonchev–Trinajstić information content (AvgIpc) is 2.49. The lowest BCUT2D eigenvalue weighted by atomic mass is 10.2. The third-order valence-corrected chi connectivity index (χ3v) is 2.32. The zero-order valence-corrected chi connectivity index (χ0v) is 11.6. The highest BCUT2D eigenvalue weighted by molar-refractivity contribution is 5.87. The van der Waals surface area contributed by atoms with Gasteiger partial charge in [0.15, 0.2) is 6.10 Å². The Bertz CT molecular complexity index is 585. The molecule has 0 aliphatic carbocycles. The molecule has 0 heterocycles. The minimum absolute atomic E-state index is 0.0651. The predicted molar refractivity (Wildman–Crippen MR) is 72.9 cm³/mol. The molecule has 0 spiro atoms. The van der Waals surface area contributed by atoms with Crippen LogP contribution in [-0.2, 0) is 19.2 Å². The Morgan fingerprint density at radius 1 is 1.17 bits per heavy atom. The van der Waals surface area contributed by atoms with Gasteiger partial charge < -0.3 is 19.5 Å². The standard InChI is InChI=1S/C12H12N2O9/c15-10-4-1-9(2-5-10)3-6-12(16)21-7-11(23-14(19)20)8-22-13(17)18/h1-6,11,15H,7-8H2/b6-3+. The van der Waals surface area contributed by atoms with Crippen molar-refractivity contribution in [1.29, 1.82) is 0 Å². The van der Waals surface area contributed by atoms with E-state index in [1.54, 1.807) is 12.1 Å². The second kappa shape index (κ2) is 8.81. The summed E-state index contributed by atoms with van der Waals surface area (Å²) >= 11 is 0. The maximum absolute atomic E-state index is 11.5. The first kappa shape index (κ1) is 17.7. The number of carbonyl (C=O) groups is 1. The number of phenolic OH excluding ortho intramolecular Hbond substituents is 1. The van der Waals surface area contributed by atoms with Gasteiger partial charge in [-0.3, -0.25) is 0 Å². The maximum Gasteiger partial charge on any atom is 0.330 e. The summed E-state index contributed by atoms with van der Waals surface area (Å²) in [5.74, 6) is -0.772. The SMILES string of the molecule is O=C(/C=C/c1ccc(O)cc1)OCC(CO[N+](=O)[O-])O[N+](=O)[O-]. The van der Waals surface area contributed by atoms with Crippen LogP contribution in [0.15, 0.2) is 30.3 Å². The molecule has 0 bridgehead atoms. The van der Waals surface area contributed by atoms with Crippen molar-refractivity contribution in [2.24, 2.45) is 0 Å². The Labute approximate surface area is 128 Å². The number of ether oxygens (including phenoxy) is 1. The lowest BCUT2D eigenvalue weighted by Crippen LogP contribution is -2.30. The quantitative estimate of drug-likeness (QED) is 0.299. The van der Waals surface area contributed by atoms with Gasteiger partial charge in [0.1, 0.15) is 19.0 Å². The zero-order chi connectivity index (χ0) is 17.2. The van der Waals surface area contributed by atoms with Crippen LogP contribution in [0, 0.1) is 20.2 Å². The summed E-state index contributed by atoms with van der Waals surface area (Å²) in [7, 11) is 0. The van der Waals surface area contributed by atoms with Crippen LogP contribution in [0.5, 0.6) is 5.75 Å². The number of phenols is 1. The highest BCUT2D eigenvalue weighted by atomic mass is 17.0. The number of carbonyl (C=O) groups excluding carboxylic acids is 1. The highest BCUT2D eigenvalue weighted by Crippen LogP contribution is 2.10. The maximum atomic E-state index is 11.5. The number of esters is 1. The van der Waals surface area contributed by atoms with Crippen molar-refractivity contribution in [2.75, 3.05) is 13.2 Å². The molecular formula is C12H12N2O9. The van der Waals surface area contributed by atoms with Crippen molar-refractivity contribution in [1.82, 2.24) is 0 Å². The van der Waals surface area contributed by atoms with Crippen LogP contribution in [0.25, 0.3) is 6.08 Å². The number of aromatic hydroxyl groups is 1. The Morgan fingerprint density at radius 3 is 2.39 bits per heavy atom. The first-order valence-corrected chi connectivity index (χ1v) is 6.09. The van der Waals surface area contributed by atoms with Crippen molar-refractivity contribution >= 4 is 12.0 Å². The van der Waals surface area contributed by atoms with Crippen LogP contribution in [0.2, 0.25) is 0 Å². The second-order valence-corrected chi connectivity index (χ2v) is 4.03. The molecule has 124 valence electrons. The minimum Gasteiger partial charge on any atom is -0.508 e. The molecule has 23 heavy (non-hydrogen) atoms. The summed E-state index contributed by atoms with van der Waals surface area (Å²) in [6.45, 7) is -1.36. The van der Waals surface area contributed by atoms with Gasteiger partial charge in [0.25, 0.3) is 10.2 Å². The summed E-state index contributed by atoms with van der Waals surface area (Å²) in [5.41, 5.74) is 0.606. The fourth-order valence-corrected chi connectivity index (χ4v) is 1.35. The molecule has 11 heteroatoms. The molecule has 0 amide bonds. The third-order valence-electron chi connectivity index (χ3n) is 2.32. The van der Waals surface area contributed by atoms with E-state index in [4.69, 9.17) is 5.11 Å². The smallest absolute Gasteiger partial charge is 0.330 e. The molecule has 0 aliphatic rings. The van der Waals surface area contributed by atoms with Crippen molar-refractivity contribution in [3.8, 4) is 5.75 Å². The van der Waals surface area contributed by atoms with E-state index in [9.17, 15) is 25.0 Å². The summed E-state index contributed by atoms with van der Waals surface area (Å²) in [4.78, 5) is 39.7. The molecule has 0 saturated heterocycles. The molecule has 0 radical (unpaired) electrons. The van der Waals surface area contributed by atoms with Crippen LogP contribution in [0.1, 0.15) is 5.56 Å². The Morgan fingerprint density at radius 2 is 1.83 bits per heavy atom. The Hall–Kier alpha value is -3.37. The lowest BCUT2D eigenvalue weighted by Gasteiger charge is -2.12. The van der Waals surface area contributed by atoms with Gasteiger partial charge in [-0.25, -0.2) is 4.79 Å². The van der Waals surface area contributed by atoms with Crippen molar-refractivity contribution in [3.63, 3.8) is 0 Å². The van der Waals surface area contributed by atoms with E-state index < -0.39 is 35.5 Å². The molecule has 0 aromatic heterocycles. The summed E-state index contributed by atoms with van der Waals surface area (Å²) in [6.07, 6.45) is 1.00. The number of rotatable bonds is 9. The van der Waals surface area contributed by atoms with E-state index in [1.165, 1.54) is 18.2 Å². The molecule has 11 nitrogen and oxygen atoms in total. The van der Waals surface area contributed by atoms with E-state index >= 15 is 0 Å². The van der Waals surface area contributed by atoms with Crippen LogP contribution in [0.3, 0.4) is 0 Å². The molecule has 1 unspecified atom stereocenters. The van der Waals surface area contributed by atoms with Gasteiger partial charge in [0.2, 0.25) is 0 Å². The molecular weight excluding hydrogens is 316 g/mol. The van der Waals surface area contributed by atoms with E-state index in [2.05, 4.69) is 14.4 Å². The van der Waals surface area contributed by atoms with Crippen LogP contribution < -0.4 is 0 Å². The highest BCUT2D eigenvalue weighted by Gasteiger charge is 2.17. The fraction of sp³-hybridized carbons (Fsp3) is 0.250.